The minimum atomic E-state index is -0.373. The van der Waals surface area contributed by atoms with Gasteiger partial charge in [0.15, 0.2) is 0 Å². The number of benzene rings is 3. The fourth-order valence-electron chi connectivity index (χ4n) is 4.16. The summed E-state index contributed by atoms with van der Waals surface area (Å²) in [5.74, 6) is 0.350. The Bertz CT molecular complexity index is 1300. The lowest BCUT2D eigenvalue weighted by molar-refractivity contribution is -0.872. The Hall–Kier alpha value is -2.74. The Morgan fingerprint density at radius 1 is 1.09 bits per heavy atom. The van der Waals surface area contributed by atoms with E-state index in [-0.39, 0.29) is 18.3 Å². The Balaban J connectivity index is 2.06. The van der Waals surface area contributed by atoms with E-state index in [0.717, 1.165) is 37.6 Å². The van der Waals surface area contributed by atoms with E-state index in [1.807, 2.05) is 75.6 Å². The first-order valence-corrected chi connectivity index (χ1v) is 13.0. The van der Waals surface area contributed by atoms with E-state index in [4.69, 9.17) is 4.74 Å². The molecule has 0 amide bonds. The monoisotopic (exact) mass is 539 g/mol. The molecule has 176 valence electrons. The molecule has 3 aromatic carbocycles. The van der Waals surface area contributed by atoms with E-state index >= 15 is 0 Å². The van der Waals surface area contributed by atoms with Crippen molar-refractivity contribution in [1.29, 1.82) is 0 Å². The van der Waals surface area contributed by atoms with Gasteiger partial charge in [0, 0.05) is 27.4 Å². The minimum absolute atomic E-state index is 0.159. The maximum Gasteiger partial charge on any atom is 0.340 e. The molecule has 0 spiro atoms. The Labute approximate surface area is 212 Å². The molecule has 0 aliphatic heterocycles. The third kappa shape index (κ3) is 4.87. The second kappa shape index (κ2) is 10.7. The fourth-order valence-corrected chi connectivity index (χ4v) is 5.54. The molecular formula is C27H28BrN2O3S+. The predicted molar refractivity (Wildman–Crippen MR) is 141 cm³/mol. The number of carbonyl (C=O) groups excluding carboxylic acids is 1. The molecular weight excluding hydrogens is 512 g/mol. The molecule has 0 unspecified atom stereocenters. The molecule has 34 heavy (non-hydrogen) atoms. The second-order valence-corrected chi connectivity index (χ2v) is 10.2. The average molecular weight is 541 g/mol. The zero-order chi connectivity index (χ0) is 24.2. The van der Waals surface area contributed by atoms with Crippen molar-refractivity contribution in [3.63, 3.8) is 0 Å². The molecule has 0 saturated carbocycles. The molecule has 4 aromatic rings. The largest absolute Gasteiger partial charge is 0.506 e. The van der Waals surface area contributed by atoms with Gasteiger partial charge < -0.3 is 19.3 Å². The number of hydrogen-bond acceptors (Lipinski definition) is 4. The smallest absolute Gasteiger partial charge is 0.340 e. The third-order valence-corrected chi connectivity index (χ3v) is 7.15. The zero-order valence-corrected chi connectivity index (χ0v) is 21.9. The topological polar surface area (TPSA) is 55.9 Å². The number of thioether (sulfide) groups is 1. The number of carbonyl (C=O) groups is 1. The summed E-state index contributed by atoms with van der Waals surface area (Å²) in [5.41, 5.74) is 3.91. The number of halogens is 1. The van der Waals surface area contributed by atoms with Crippen LogP contribution in [-0.2, 0) is 17.0 Å². The van der Waals surface area contributed by atoms with Gasteiger partial charge in [0.05, 0.1) is 41.8 Å². The molecule has 0 radical (unpaired) electrons. The predicted octanol–water partition coefficient (Wildman–Crippen LogP) is 5.21. The highest BCUT2D eigenvalue weighted by molar-refractivity contribution is 9.10. The standard InChI is InChI=1S/C27H27BrN2O3S/c1-4-33-27(32)25-23(17-34-19-13-9-6-10-14-19)30(18-11-7-5-8-12-18)22-15-21(28)26(31)20(24(22)25)16-29(2)3/h5-15,31H,4,16-17H2,1-3H3/p+1. The maximum atomic E-state index is 13.4. The van der Waals surface area contributed by atoms with Gasteiger partial charge in [0.2, 0.25) is 0 Å². The minimum Gasteiger partial charge on any atom is -0.506 e. The Kier molecular flexibility index (Phi) is 7.66. The molecule has 5 nitrogen and oxygen atoms in total. The van der Waals surface area contributed by atoms with Gasteiger partial charge in [-0.3, -0.25) is 0 Å². The van der Waals surface area contributed by atoms with Crippen LogP contribution in [0, 0.1) is 0 Å². The first-order valence-electron chi connectivity index (χ1n) is 11.2. The number of aromatic hydroxyl groups is 1. The Morgan fingerprint density at radius 3 is 2.35 bits per heavy atom. The summed E-state index contributed by atoms with van der Waals surface area (Å²) in [6.45, 7) is 2.64. The van der Waals surface area contributed by atoms with Crippen molar-refractivity contribution >= 4 is 44.6 Å². The number of hydrogen-bond donors (Lipinski definition) is 2. The molecule has 1 aromatic heterocycles. The van der Waals surface area contributed by atoms with E-state index in [1.54, 1.807) is 11.8 Å². The van der Waals surface area contributed by atoms with E-state index in [1.165, 1.54) is 0 Å². The van der Waals surface area contributed by atoms with Crippen LogP contribution in [-0.4, -0.2) is 36.3 Å². The van der Waals surface area contributed by atoms with Crippen molar-refractivity contribution < 1.29 is 19.5 Å². The third-order valence-electron chi connectivity index (χ3n) is 5.53. The molecule has 4 rings (SSSR count). The van der Waals surface area contributed by atoms with E-state index in [2.05, 4.69) is 32.6 Å². The number of nitrogens with zero attached hydrogens (tertiary/aromatic N) is 1. The molecule has 0 atom stereocenters. The highest BCUT2D eigenvalue weighted by atomic mass is 79.9. The number of para-hydroxylation sites is 1. The number of quaternary nitrogens is 1. The highest BCUT2D eigenvalue weighted by Gasteiger charge is 2.29. The Morgan fingerprint density at radius 2 is 1.74 bits per heavy atom. The van der Waals surface area contributed by atoms with E-state index < -0.39 is 0 Å². The van der Waals surface area contributed by atoms with Gasteiger partial charge in [-0.2, -0.15) is 0 Å². The van der Waals surface area contributed by atoms with Gasteiger partial charge in [-0.15, -0.1) is 11.8 Å². The number of ether oxygens (including phenoxy) is 1. The van der Waals surface area contributed by atoms with Crippen molar-refractivity contribution in [2.24, 2.45) is 0 Å². The highest BCUT2D eigenvalue weighted by Crippen LogP contribution is 2.42. The van der Waals surface area contributed by atoms with Crippen LogP contribution in [0.5, 0.6) is 5.75 Å². The van der Waals surface area contributed by atoms with Gasteiger partial charge in [0.1, 0.15) is 12.3 Å². The van der Waals surface area contributed by atoms with Gasteiger partial charge >= 0.3 is 5.97 Å². The van der Waals surface area contributed by atoms with Crippen LogP contribution in [0.2, 0.25) is 0 Å². The number of fused-ring (bicyclic) bond motifs is 1. The number of aromatic nitrogens is 1. The number of rotatable bonds is 8. The van der Waals surface area contributed by atoms with Crippen LogP contribution in [0.25, 0.3) is 16.6 Å². The summed E-state index contributed by atoms with van der Waals surface area (Å²) in [6.07, 6.45) is 0. The van der Waals surface area contributed by atoms with Crippen molar-refractivity contribution in [1.82, 2.24) is 4.57 Å². The van der Waals surface area contributed by atoms with E-state index in [9.17, 15) is 9.90 Å². The molecule has 7 heteroatoms. The average Bonchev–Trinajstić information content (AvgIpc) is 3.15. The molecule has 2 N–H and O–H groups in total. The summed E-state index contributed by atoms with van der Waals surface area (Å²) in [4.78, 5) is 15.7. The molecule has 0 saturated heterocycles. The van der Waals surface area contributed by atoms with Gasteiger partial charge in [0.25, 0.3) is 0 Å². The number of nitrogens with one attached hydrogen (secondary N) is 1. The molecule has 0 fully saturated rings. The van der Waals surface area contributed by atoms with E-state index in [0.29, 0.717) is 22.3 Å². The van der Waals surface area contributed by atoms with Crippen LogP contribution in [0.15, 0.2) is 76.1 Å². The summed E-state index contributed by atoms with van der Waals surface area (Å²) < 4.78 is 8.27. The number of phenols is 1. The summed E-state index contributed by atoms with van der Waals surface area (Å²) >= 11 is 5.21. The van der Waals surface area contributed by atoms with Gasteiger partial charge in [-0.05, 0) is 53.2 Å². The van der Waals surface area contributed by atoms with Gasteiger partial charge in [-0.25, -0.2) is 4.79 Å². The molecule has 1 heterocycles. The first kappa shape index (κ1) is 24.4. The van der Waals surface area contributed by atoms with Crippen molar-refractivity contribution in [2.45, 2.75) is 24.1 Å². The lowest BCUT2D eigenvalue weighted by Crippen LogP contribution is -3.04. The SMILES string of the molecule is CCOC(=O)c1c(CSc2ccccc2)n(-c2ccccc2)c2cc(Br)c(O)c(C[NH+](C)C)c12. The lowest BCUT2D eigenvalue weighted by atomic mass is 10.0. The van der Waals surface area contributed by atoms with Crippen molar-refractivity contribution in [3.05, 3.63) is 88.0 Å². The lowest BCUT2D eigenvalue weighted by Gasteiger charge is -2.14. The van der Waals surface area contributed by atoms with Crippen LogP contribution < -0.4 is 4.90 Å². The maximum absolute atomic E-state index is 13.4. The fraction of sp³-hybridized carbons (Fsp3) is 0.222. The van der Waals surface area contributed by atoms with Crippen LogP contribution in [0.4, 0.5) is 0 Å². The summed E-state index contributed by atoms with van der Waals surface area (Å²) in [6, 6.07) is 22.0. The normalized spacial score (nSPS) is 11.3. The first-order chi connectivity index (χ1) is 16.4. The molecule has 0 aliphatic rings. The molecule has 0 bridgehead atoms. The number of phenolic OH excluding ortho intramolecular Hbond substituents is 1. The van der Waals surface area contributed by atoms with Crippen LogP contribution in [0.3, 0.4) is 0 Å². The second-order valence-electron chi connectivity index (χ2n) is 8.28. The van der Waals surface area contributed by atoms with Crippen molar-refractivity contribution in [3.8, 4) is 11.4 Å². The number of esters is 1. The summed E-state index contributed by atoms with van der Waals surface area (Å²) in [5, 5.41) is 11.8. The van der Waals surface area contributed by atoms with Gasteiger partial charge in [-0.1, -0.05) is 36.4 Å². The van der Waals surface area contributed by atoms with Crippen LogP contribution in [0.1, 0.15) is 28.5 Å². The quantitative estimate of drug-likeness (QED) is 0.238. The summed E-state index contributed by atoms with van der Waals surface area (Å²) in [7, 11) is 4.05. The zero-order valence-electron chi connectivity index (χ0n) is 19.5. The molecule has 0 aliphatic carbocycles. The van der Waals surface area contributed by atoms with Crippen LogP contribution >= 0.6 is 27.7 Å². The van der Waals surface area contributed by atoms with Crippen molar-refractivity contribution in [2.75, 3.05) is 20.7 Å².